The molecule has 11 heavy (non-hydrogen) atoms. The van der Waals surface area contributed by atoms with Crippen LogP contribution in [0, 0.1) is 0 Å². The van der Waals surface area contributed by atoms with Crippen LogP contribution in [-0.2, 0) is 4.74 Å². The van der Waals surface area contributed by atoms with E-state index in [-0.39, 0.29) is 6.10 Å². The first-order valence-corrected chi connectivity index (χ1v) is 4.49. The topological polar surface area (TPSA) is 9.23 Å². The Morgan fingerprint density at radius 2 is 2.00 bits per heavy atom. The average molecular weight is 156 g/mol. The lowest BCUT2D eigenvalue weighted by molar-refractivity contribution is 0.0290. The molecule has 0 N–H and O–H groups in total. The van der Waals surface area contributed by atoms with Gasteiger partial charge in [0.25, 0.3) is 0 Å². The quantitative estimate of drug-likeness (QED) is 0.555. The maximum absolute atomic E-state index is 5.64. The number of allylic oxidation sites excluding steroid dienone is 1. The maximum Gasteiger partial charge on any atom is 0.0731 e. The molecular formula is C10H20O. The van der Waals surface area contributed by atoms with E-state index in [2.05, 4.69) is 26.8 Å². The highest BCUT2D eigenvalue weighted by Crippen LogP contribution is 2.05. The molecule has 2 unspecified atom stereocenters. The molecule has 1 nitrogen and oxygen atoms in total. The van der Waals surface area contributed by atoms with Crippen LogP contribution in [0.4, 0.5) is 0 Å². The molecule has 0 amide bonds. The molecular weight excluding hydrogens is 136 g/mol. The van der Waals surface area contributed by atoms with E-state index in [9.17, 15) is 0 Å². The number of hydrogen-bond acceptors (Lipinski definition) is 1. The Bertz CT molecular complexity index is 107. The molecule has 0 heterocycles. The highest BCUT2D eigenvalue weighted by Gasteiger charge is 2.03. The molecule has 0 radical (unpaired) electrons. The second-order valence-electron chi connectivity index (χ2n) is 2.97. The third-order valence-electron chi connectivity index (χ3n) is 1.61. The van der Waals surface area contributed by atoms with Crippen LogP contribution in [0.2, 0.25) is 0 Å². The van der Waals surface area contributed by atoms with Crippen LogP contribution in [0.1, 0.15) is 40.5 Å². The Kier molecular flexibility index (Phi) is 6.24. The molecule has 0 aromatic heterocycles. The molecule has 0 bridgehead atoms. The van der Waals surface area contributed by atoms with E-state index in [0.717, 1.165) is 6.42 Å². The molecule has 0 aliphatic rings. The van der Waals surface area contributed by atoms with E-state index < -0.39 is 0 Å². The highest BCUT2D eigenvalue weighted by atomic mass is 16.5. The van der Waals surface area contributed by atoms with E-state index in [0.29, 0.717) is 6.10 Å². The fraction of sp³-hybridized carbons (Fsp3) is 0.800. The first-order chi connectivity index (χ1) is 5.20. The van der Waals surface area contributed by atoms with Gasteiger partial charge < -0.3 is 4.74 Å². The van der Waals surface area contributed by atoms with Gasteiger partial charge in [-0.2, -0.15) is 0 Å². The van der Waals surface area contributed by atoms with Crippen molar-refractivity contribution in [2.75, 3.05) is 0 Å². The Morgan fingerprint density at radius 3 is 2.45 bits per heavy atom. The zero-order chi connectivity index (χ0) is 8.69. The molecule has 66 valence electrons. The minimum absolute atomic E-state index is 0.265. The zero-order valence-electron chi connectivity index (χ0n) is 8.13. The summed E-state index contributed by atoms with van der Waals surface area (Å²) in [4.78, 5) is 0. The molecule has 0 rings (SSSR count). The van der Waals surface area contributed by atoms with Crippen molar-refractivity contribution in [3.63, 3.8) is 0 Å². The third kappa shape index (κ3) is 6.11. The average Bonchev–Trinajstić information content (AvgIpc) is 1.87. The third-order valence-corrected chi connectivity index (χ3v) is 1.61. The van der Waals surface area contributed by atoms with Crippen LogP contribution in [0.5, 0.6) is 0 Å². The van der Waals surface area contributed by atoms with Crippen molar-refractivity contribution in [3.05, 3.63) is 12.2 Å². The van der Waals surface area contributed by atoms with Gasteiger partial charge in [-0.3, -0.25) is 0 Å². The minimum Gasteiger partial charge on any atom is -0.372 e. The molecule has 0 aromatic rings. The summed E-state index contributed by atoms with van der Waals surface area (Å²) in [6.07, 6.45) is 7.12. The van der Waals surface area contributed by atoms with Crippen LogP contribution < -0.4 is 0 Å². The van der Waals surface area contributed by atoms with E-state index in [1.807, 2.05) is 13.0 Å². The summed E-state index contributed by atoms with van der Waals surface area (Å²) < 4.78 is 5.64. The molecule has 2 atom stereocenters. The second-order valence-corrected chi connectivity index (χ2v) is 2.97. The van der Waals surface area contributed by atoms with Gasteiger partial charge in [-0.15, -0.1) is 0 Å². The molecule has 0 aliphatic heterocycles. The molecule has 0 spiro atoms. The van der Waals surface area contributed by atoms with Crippen molar-refractivity contribution >= 4 is 0 Å². The summed E-state index contributed by atoms with van der Waals surface area (Å²) in [6.45, 7) is 8.40. The Morgan fingerprint density at radius 1 is 1.36 bits per heavy atom. The molecule has 0 aromatic carbocycles. The smallest absolute Gasteiger partial charge is 0.0731 e. The lowest BCUT2D eigenvalue weighted by Gasteiger charge is -2.15. The van der Waals surface area contributed by atoms with Crippen LogP contribution >= 0.6 is 0 Å². The Balaban J connectivity index is 3.48. The van der Waals surface area contributed by atoms with Crippen molar-refractivity contribution in [2.45, 2.75) is 52.7 Å². The first kappa shape index (κ1) is 10.7. The van der Waals surface area contributed by atoms with E-state index >= 15 is 0 Å². The molecule has 0 saturated carbocycles. The standard InChI is InChI=1S/C10H20O/c1-5-7-9(3)11-10(4)8-6-2/h5,7,9-10H,6,8H2,1-4H3. The normalized spacial score (nSPS) is 17.1. The summed E-state index contributed by atoms with van der Waals surface area (Å²) in [5, 5.41) is 0. The Labute approximate surface area is 70.4 Å². The molecule has 1 heteroatoms. The van der Waals surface area contributed by atoms with Gasteiger partial charge >= 0.3 is 0 Å². The van der Waals surface area contributed by atoms with Gasteiger partial charge in [-0.25, -0.2) is 0 Å². The van der Waals surface area contributed by atoms with Crippen LogP contribution in [0.25, 0.3) is 0 Å². The minimum atomic E-state index is 0.265. The summed E-state index contributed by atoms with van der Waals surface area (Å²) in [7, 11) is 0. The molecule has 0 saturated heterocycles. The van der Waals surface area contributed by atoms with Crippen molar-refractivity contribution in [1.82, 2.24) is 0 Å². The lowest BCUT2D eigenvalue weighted by atomic mass is 10.2. The fourth-order valence-corrected chi connectivity index (χ4v) is 1.16. The maximum atomic E-state index is 5.64. The predicted molar refractivity (Wildman–Crippen MR) is 49.7 cm³/mol. The fourth-order valence-electron chi connectivity index (χ4n) is 1.16. The first-order valence-electron chi connectivity index (χ1n) is 4.49. The lowest BCUT2D eigenvalue weighted by Crippen LogP contribution is -2.14. The van der Waals surface area contributed by atoms with E-state index in [1.54, 1.807) is 0 Å². The van der Waals surface area contributed by atoms with Crippen LogP contribution in [-0.4, -0.2) is 12.2 Å². The van der Waals surface area contributed by atoms with Crippen LogP contribution in [0.15, 0.2) is 12.2 Å². The van der Waals surface area contributed by atoms with Gasteiger partial charge in [0, 0.05) is 0 Å². The van der Waals surface area contributed by atoms with Gasteiger partial charge in [0.1, 0.15) is 0 Å². The second kappa shape index (κ2) is 6.41. The van der Waals surface area contributed by atoms with Gasteiger partial charge in [-0.1, -0.05) is 25.5 Å². The van der Waals surface area contributed by atoms with E-state index in [4.69, 9.17) is 4.74 Å². The SMILES string of the molecule is CC=CC(C)OC(C)CCC. The van der Waals surface area contributed by atoms with Crippen molar-refractivity contribution in [1.29, 1.82) is 0 Å². The van der Waals surface area contributed by atoms with Crippen LogP contribution in [0.3, 0.4) is 0 Å². The number of ether oxygens (including phenoxy) is 1. The monoisotopic (exact) mass is 156 g/mol. The zero-order valence-corrected chi connectivity index (χ0v) is 8.13. The summed E-state index contributed by atoms with van der Waals surface area (Å²) in [5.74, 6) is 0. The molecule has 0 aliphatic carbocycles. The Hall–Kier alpha value is -0.300. The van der Waals surface area contributed by atoms with Crippen molar-refractivity contribution in [3.8, 4) is 0 Å². The van der Waals surface area contributed by atoms with Crippen molar-refractivity contribution < 1.29 is 4.74 Å². The highest BCUT2D eigenvalue weighted by molar-refractivity contribution is 4.84. The van der Waals surface area contributed by atoms with Gasteiger partial charge in [0.2, 0.25) is 0 Å². The number of rotatable bonds is 5. The predicted octanol–water partition coefficient (Wildman–Crippen LogP) is 3.16. The van der Waals surface area contributed by atoms with Gasteiger partial charge in [-0.05, 0) is 27.2 Å². The summed E-state index contributed by atoms with van der Waals surface area (Å²) in [6, 6.07) is 0. The molecule has 0 fully saturated rings. The number of hydrogen-bond donors (Lipinski definition) is 0. The van der Waals surface area contributed by atoms with Gasteiger partial charge in [0.05, 0.1) is 12.2 Å². The van der Waals surface area contributed by atoms with E-state index in [1.165, 1.54) is 6.42 Å². The van der Waals surface area contributed by atoms with Gasteiger partial charge in [0.15, 0.2) is 0 Å². The summed E-state index contributed by atoms with van der Waals surface area (Å²) in [5.41, 5.74) is 0. The summed E-state index contributed by atoms with van der Waals surface area (Å²) >= 11 is 0. The largest absolute Gasteiger partial charge is 0.372 e. The van der Waals surface area contributed by atoms with Crippen molar-refractivity contribution in [2.24, 2.45) is 0 Å².